The molecule has 0 aliphatic carbocycles. The highest BCUT2D eigenvalue weighted by atomic mass is 32.2. The van der Waals surface area contributed by atoms with Crippen LogP contribution in [0.4, 0.5) is 23.4 Å². The van der Waals surface area contributed by atoms with Crippen LogP contribution in [0.1, 0.15) is 55.0 Å². The Morgan fingerprint density at radius 3 is 2.46 bits per heavy atom. The van der Waals surface area contributed by atoms with E-state index in [1.807, 2.05) is 4.90 Å². The SMILES string of the molecule is CC1CCN(c2nc(C(F)(F)F)ccc2CNC(=O)C(C)c2ccc(CN=S(=O)=O)c(F)c2)CC1. The highest BCUT2D eigenvalue weighted by Crippen LogP contribution is 2.32. The number of amides is 1. The molecule has 2 heterocycles. The topological polar surface area (TPSA) is 91.7 Å². The van der Waals surface area contributed by atoms with Gasteiger partial charge in [-0.05, 0) is 43.4 Å². The average molecular weight is 515 g/mol. The summed E-state index contributed by atoms with van der Waals surface area (Å²) < 4.78 is 78.4. The van der Waals surface area contributed by atoms with E-state index in [-0.39, 0.29) is 24.5 Å². The van der Waals surface area contributed by atoms with E-state index in [9.17, 15) is 30.8 Å². The van der Waals surface area contributed by atoms with Crippen LogP contribution in [0, 0.1) is 11.7 Å². The van der Waals surface area contributed by atoms with Crippen molar-refractivity contribution < 1.29 is 30.8 Å². The molecule has 12 heteroatoms. The van der Waals surface area contributed by atoms with E-state index >= 15 is 0 Å². The van der Waals surface area contributed by atoms with Gasteiger partial charge in [0.1, 0.15) is 17.3 Å². The van der Waals surface area contributed by atoms with Gasteiger partial charge in [0.05, 0.1) is 12.5 Å². The monoisotopic (exact) mass is 514 g/mol. The van der Waals surface area contributed by atoms with Crippen LogP contribution in [0.5, 0.6) is 0 Å². The van der Waals surface area contributed by atoms with Crippen LogP contribution >= 0.6 is 0 Å². The Hall–Kier alpha value is -3.02. The van der Waals surface area contributed by atoms with Crippen molar-refractivity contribution in [1.82, 2.24) is 10.3 Å². The molecule has 1 N–H and O–H groups in total. The molecule has 1 fully saturated rings. The third kappa shape index (κ3) is 7.00. The summed E-state index contributed by atoms with van der Waals surface area (Å²) in [7, 11) is -2.66. The molecular formula is C23H26F4N4O3S. The predicted octanol–water partition coefficient (Wildman–Crippen LogP) is 4.46. The normalized spacial score (nSPS) is 15.5. The summed E-state index contributed by atoms with van der Waals surface area (Å²) in [4.78, 5) is 18.4. The smallest absolute Gasteiger partial charge is 0.356 e. The van der Waals surface area contributed by atoms with Crippen LogP contribution < -0.4 is 10.2 Å². The highest BCUT2D eigenvalue weighted by molar-refractivity contribution is 7.61. The van der Waals surface area contributed by atoms with Gasteiger partial charge >= 0.3 is 16.7 Å². The van der Waals surface area contributed by atoms with E-state index < -0.39 is 40.0 Å². The van der Waals surface area contributed by atoms with Gasteiger partial charge in [-0.2, -0.15) is 26.0 Å². The van der Waals surface area contributed by atoms with Gasteiger partial charge in [-0.15, -0.1) is 0 Å². The number of pyridine rings is 1. The number of halogens is 4. The summed E-state index contributed by atoms with van der Waals surface area (Å²) in [6.07, 6.45) is -2.92. The van der Waals surface area contributed by atoms with Crippen molar-refractivity contribution >= 4 is 22.2 Å². The molecule has 0 spiro atoms. The molecule has 7 nitrogen and oxygen atoms in total. The van der Waals surface area contributed by atoms with E-state index in [2.05, 4.69) is 21.6 Å². The number of benzene rings is 1. The molecule has 0 radical (unpaired) electrons. The molecule has 1 aliphatic rings. The van der Waals surface area contributed by atoms with Gasteiger partial charge in [0.15, 0.2) is 0 Å². The van der Waals surface area contributed by atoms with Crippen molar-refractivity contribution in [2.24, 2.45) is 10.3 Å². The first-order chi connectivity index (χ1) is 16.5. The van der Waals surface area contributed by atoms with Crippen LogP contribution in [0.2, 0.25) is 0 Å². The van der Waals surface area contributed by atoms with Crippen LogP contribution in [0.25, 0.3) is 0 Å². The number of hydrogen-bond donors (Lipinski definition) is 1. The van der Waals surface area contributed by atoms with Gasteiger partial charge in [0.2, 0.25) is 5.91 Å². The molecule has 3 rings (SSSR count). The molecule has 1 aliphatic heterocycles. The fourth-order valence-electron chi connectivity index (χ4n) is 3.84. The molecule has 190 valence electrons. The van der Waals surface area contributed by atoms with Gasteiger partial charge in [-0.3, -0.25) is 4.79 Å². The van der Waals surface area contributed by atoms with E-state index in [0.717, 1.165) is 25.0 Å². The Kier molecular flexibility index (Phi) is 8.47. The lowest BCUT2D eigenvalue weighted by Crippen LogP contribution is -2.35. The number of anilines is 1. The summed E-state index contributed by atoms with van der Waals surface area (Å²) in [5.41, 5.74) is -0.0933. The van der Waals surface area contributed by atoms with Crippen LogP contribution in [-0.2, 0) is 34.6 Å². The lowest BCUT2D eigenvalue weighted by Gasteiger charge is -2.33. The molecule has 1 saturated heterocycles. The summed E-state index contributed by atoms with van der Waals surface area (Å²) >= 11 is 0. The minimum Gasteiger partial charge on any atom is -0.356 e. The van der Waals surface area contributed by atoms with E-state index in [4.69, 9.17) is 0 Å². The Bertz CT molecular complexity index is 1200. The molecule has 2 aromatic rings. The lowest BCUT2D eigenvalue weighted by atomic mass is 9.98. The maximum absolute atomic E-state index is 14.3. The van der Waals surface area contributed by atoms with Crippen molar-refractivity contribution in [3.05, 3.63) is 58.5 Å². The summed E-state index contributed by atoms with van der Waals surface area (Å²) in [5, 5.41) is 2.71. The molecule has 1 atom stereocenters. The van der Waals surface area contributed by atoms with Crippen LogP contribution in [0.3, 0.4) is 0 Å². The second-order valence-electron chi connectivity index (χ2n) is 8.64. The number of nitrogens with zero attached hydrogens (tertiary/aromatic N) is 3. The van der Waals surface area contributed by atoms with Crippen LogP contribution in [-0.4, -0.2) is 32.4 Å². The van der Waals surface area contributed by atoms with Gasteiger partial charge in [-0.1, -0.05) is 25.1 Å². The fourth-order valence-corrected chi connectivity index (χ4v) is 4.08. The number of rotatable bonds is 7. The van der Waals surface area contributed by atoms with E-state index in [1.165, 1.54) is 18.2 Å². The number of hydrogen-bond acceptors (Lipinski definition) is 6. The van der Waals surface area contributed by atoms with Gasteiger partial charge in [-0.25, -0.2) is 9.37 Å². The average Bonchev–Trinajstić information content (AvgIpc) is 2.81. The highest BCUT2D eigenvalue weighted by Gasteiger charge is 2.34. The standard InChI is InChI=1S/C23H26F4N4O3S/c1-14-7-9-31(10-8-14)21-18(5-6-20(30-21)23(25,26)27)12-28-22(32)15(2)16-3-4-17(19(24)11-16)13-29-35(33)34/h3-6,11,14-15H,7-10,12-13H2,1-2H3,(H,28,32). The Morgan fingerprint density at radius 1 is 1.20 bits per heavy atom. The molecule has 1 aromatic carbocycles. The first-order valence-corrected chi connectivity index (χ1v) is 12.1. The lowest BCUT2D eigenvalue weighted by molar-refractivity contribution is -0.141. The largest absolute Gasteiger partial charge is 0.433 e. The number of carbonyl (C=O) groups is 1. The predicted molar refractivity (Wildman–Crippen MR) is 122 cm³/mol. The fraction of sp³-hybridized carbons (Fsp3) is 0.478. The van der Waals surface area contributed by atoms with Crippen molar-refractivity contribution in [1.29, 1.82) is 0 Å². The zero-order valence-electron chi connectivity index (χ0n) is 19.3. The van der Waals surface area contributed by atoms with Crippen molar-refractivity contribution in [3.8, 4) is 0 Å². The summed E-state index contributed by atoms with van der Waals surface area (Å²) in [6.45, 7) is 4.43. The first kappa shape index (κ1) is 26.6. The van der Waals surface area contributed by atoms with E-state index in [1.54, 1.807) is 6.92 Å². The van der Waals surface area contributed by atoms with Crippen molar-refractivity contribution in [3.63, 3.8) is 0 Å². The molecule has 1 amide bonds. The number of nitrogens with one attached hydrogen (secondary N) is 1. The summed E-state index contributed by atoms with van der Waals surface area (Å²) in [6, 6.07) is 6.23. The third-order valence-corrected chi connectivity index (χ3v) is 6.43. The number of carbonyl (C=O) groups excluding carboxylic acids is 1. The molecule has 1 unspecified atom stereocenters. The van der Waals surface area contributed by atoms with Gasteiger partial charge < -0.3 is 10.2 Å². The number of piperidine rings is 1. The van der Waals surface area contributed by atoms with Gasteiger partial charge in [0.25, 0.3) is 0 Å². The zero-order valence-corrected chi connectivity index (χ0v) is 20.1. The second kappa shape index (κ2) is 11.1. The van der Waals surface area contributed by atoms with Crippen molar-refractivity contribution in [2.75, 3.05) is 18.0 Å². The Morgan fingerprint density at radius 2 is 1.86 bits per heavy atom. The quantitative estimate of drug-likeness (QED) is 0.551. The zero-order chi connectivity index (χ0) is 25.8. The number of alkyl halides is 3. The van der Waals surface area contributed by atoms with Crippen molar-refractivity contribution in [2.45, 2.75) is 51.9 Å². The van der Waals surface area contributed by atoms with E-state index in [0.29, 0.717) is 30.1 Å². The maximum atomic E-state index is 14.3. The minimum absolute atomic E-state index is 0.0372. The first-order valence-electron chi connectivity index (χ1n) is 11.1. The molecule has 1 aromatic heterocycles. The summed E-state index contributed by atoms with van der Waals surface area (Å²) in [5.74, 6) is -1.21. The number of aromatic nitrogens is 1. The molecule has 0 saturated carbocycles. The third-order valence-electron chi connectivity index (χ3n) is 6.09. The Labute approximate surface area is 202 Å². The molecule has 0 bridgehead atoms. The second-order valence-corrected chi connectivity index (χ2v) is 9.33. The van der Waals surface area contributed by atoms with Gasteiger partial charge in [0, 0.05) is 30.8 Å². The molecular weight excluding hydrogens is 488 g/mol. The minimum atomic E-state index is -4.58. The van der Waals surface area contributed by atoms with Crippen LogP contribution in [0.15, 0.2) is 34.7 Å². The molecule has 35 heavy (non-hydrogen) atoms. The Balaban J connectivity index is 1.75. The maximum Gasteiger partial charge on any atom is 0.433 e.